The Balaban J connectivity index is 2.83. The van der Waals surface area contributed by atoms with Crippen LogP contribution >= 0.6 is 0 Å². The third-order valence-electron chi connectivity index (χ3n) is 0.804. The van der Waals surface area contributed by atoms with Crippen LogP contribution in [0.3, 0.4) is 0 Å². The molecule has 0 rings (SSSR count). The second-order valence-corrected chi connectivity index (χ2v) is 1.97. The van der Waals surface area contributed by atoms with E-state index in [4.69, 9.17) is 9.16 Å². The average molecular weight is 120 g/mol. The van der Waals surface area contributed by atoms with E-state index in [1.54, 1.807) is 7.11 Å². The van der Waals surface area contributed by atoms with E-state index >= 15 is 0 Å². The van der Waals surface area contributed by atoms with Crippen molar-refractivity contribution in [2.75, 3.05) is 13.7 Å². The lowest BCUT2D eigenvalue weighted by Crippen LogP contribution is -2.12. The Hall–Kier alpha value is 0.137. The molecule has 0 fully saturated rings. The summed E-state index contributed by atoms with van der Waals surface area (Å²) in [7, 11) is 2.48. The van der Waals surface area contributed by atoms with Crippen molar-refractivity contribution >= 4 is 10.5 Å². The summed E-state index contributed by atoms with van der Waals surface area (Å²) in [6, 6.07) is 0. The molecule has 0 heterocycles. The molecule has 0 saturated carbocycles. The minimum absolute atomic E-state index is 0.289. The van der Waals surface area contributed by atoms with Crippen molar-refractivity contribution in [1.29, 1.82) is 0 Å². The highest BCUT2D eigenvalue weighted by atomic mass is 28.2. The van der Waals surface area contributed by atoms with Crippen molar-refractivity contribution in [2.45, 2.75) is 13.0 Å². The lowest BCUT2D eigenvalue weighted by Gasteiger charge is -2.05. The van der Waals surface area contributed by atoms with Crippen LogP contribution in [0.4, 0.5) is 0 Å². The van der Waals surface area contributed by atoms with Crippen molar-refractivity contribution in [1.82, 2.24) is 0 Å². The Bertz CT molecular complexity index is 40.7. The van der Waals surface area contributed by atoms with E-state index in [1.807, 2.05) is 6.92 Å². The van der Waals surface area contributed by atoms with Crippen molar-refractivity contribution < 1.29 is 9.16 Å². The fraction of sp³-hybridized carbons (Fsp3) is 1.00. The predicted molar refractivity (Wildman–Crippen MR) is 32.4 cm³/mol. The average Bonchev–Trinajstić information content (AvgIpc) is 1.68. The number of ether oxygens (including phenoxy) is 1. The van der Waals surface area contributed by atoms with Crippen molar-refractivity contribution in [2.24, 2.45) is 0 Å². The summed E-state index contributed by atoms with van der Waals surface area (Å²) >= 11 is 0. The molecule has 2 nitrogen and oxygen atoms in total. The van der Waals surface area contributed by atoms with Gasteiger partial charge in [-0.25, -0.2) is 0 Å². The molecule has 0 aromatic heterocycles. The molecular formula is C4H12O2Si. The Morgan fingerprint density at radius 2 is 2.29 bits per heavy atom. The largest absolute Gasteiger partial charge is 0.423 e. The second-order valence-electron chi connectivity index (χ2n) is 1.50. The van der Waals surface area contributed by atoms with E-state index in [1.165, 1.54) is 0 Å². The molecule has 0 aromatic rings. The van der Waals surface area contributed by atoms with Crippen molar-refractivity contribution in [3.63, 3.8) is 0 Å². The fourth-order valence-corrected chi connectivity index (χ4v) is 0.439. The van der Waals surface area contributed by atoms with Gasteiger partial charge in [0.15, 0.2) is 0 Å². The van der Waals surface area contributed by atoms with Crippen molar-refractivity contribution in [3.8, 4) is 0 Å². The predicted octanol–water partition coefficient (Wildman–Crippen LogP) is -0.682. The van der Waals surface area contributed by atoms with Crippen molar-refractivity contribution in [3.05, 3.63) is 0 Å². The lowest BCUT2D eigenvalue weighted by molar-refractivity contribution is 0.0986. The molecule has 0 aliphatic rings. The van der Waals surface area contributed by atoms with Crippen LogP contribution < -0.4 is 0 Å². The highest BCUT2D eigenvalue weighted by molar-refractivity contribution is 5.98. The van der Waals surface area contributed by atoms with Crippen LogP contribution in [-0.2, 0) is 9.16 Å². The van der Waals surface area contributed by atoms with Gasteiger partial charge in [-0.15, -0.1) is 0 Å². The van der Waals surface area contributed by atoms with Gasteiger partial charge in [-0.3, -0.25) is 0 Å². The summed E-state index contributed by atoms with van der Waals surface area (Å²) in [6.07, 6.45) is 0.289. The first kappa shape index (κ1) is 7.14. The third kappa shape index (κ3) is 3.98. The SMILES string of the molecule is COCC(C)O[SiH3]. The monoisotopic (exact) mass is 120 g/mol. The van der Waals surface area contributed by atoms with Gasteiger partial charge < -0.3 is 9.16 Å². The van der Waals surface area contributed by atoms with Crippen LogP contribution in [0.25, 0.3) is 0 Å². The Kier molecular flexibility index (Phi) is 4.38. The van der Waals surface area contributed by atoms with Gasteiger partial charge in [0.05, 0.1) is 12.7 Å². The molecule has 3 heteroatoms. The van der Waals surface area contributed by atoms with Gasteiger partial charge in [0.1, 0.15) is 10.5 Å². The first-order valence-electron chi connectivity index (χ1n) is 2.33. The zero-order valence-electron chi connectivity index (χ0n) is 5.10. The Morgan fingerprint density at radius 1 is 1.71 bits per heavy atom. The standard InChI is InChI=1S/C4H12O2Si/c1-4(6-7)3-5-2/h4H,3H2,1-2,7H3. The van der Waals surface area contributed by atoms with Crippen LogP contribution in [0.5, 0.6) is 0 Å². The maximum absolute atomic E-state index is 5.00. The van der Waals surface area contributed by atoms with Gasteiger partial charge in [-0.1, -0.05) is 0 Å². The summed E-state index contributed by atoms with van der Waals surface area (Å²) in [4.78, 5) is 0. The quantitative estimate of drug-likeness (QED) is 0.459. The maximum atomic E-state index is 5.00. The summed E-state index contributed by atoms with van der Waals surface area (Å²) in [5.41, 5.74) is 0. The smallest absolute Gasteiger partial charge is 0.146 e. The van der Waals surface area contributed by atoms with Gasteiger partial charge in [0.2, 0.25) is 0 Å². The van der Waals surface area contributed by atoms with E-state index in [9.17, 15) is 0 Å². The normalized spacial score (nSPS) is 14.6. The van der Waals surface area contributed by atoms with Gasteiger partial charge in [0, 0.05) is 7.11 Å². The maximum Gasteiger partial charge on any atom is 0.146 e. The molecule has 0 aliphatic heterocycles. The molecule has 0 aromatic carbocycles. The first-order chi connectivity index (χ1) is 3.31. The molecule has 1 atom stereocenters. The molecule has 7 heavy (non-hydrogen) atoms. The summed E-state index contributed by atoms with van der Waals surface area (Å²) in [6.45, 7) is 2.71. The minimum Gasteiger partial charge on any atom is -0.423 e. The van der Waals surface area contributed by atoms with Gasteiger partial charge in [0.25, 0.3) is 0 Å². The second kappa shape index (κ2) is 4.30. The van der Waals surface area contributed by atoms with Gasteiger partial charge >= 0.3 is 0 Å². The van der Waals surface area contributed by atoms with Crippen LogP contribution in [0.1, 0.15) is 6.92 Å². The van der Waals surface area contributed by atoms with E-state index in [2.05, 4.69) is 0 Å². The summed E-state index contributed by atoms with van der Waals surface area (Å²) in [5.74, 6) is 0. The molecule has 1 unspecified atom stereocenters. The van der Waals surface area contributed by atoms with E-state index in [0.717, 1.165) is 10.5 Å². The van der Waals surface area contributed by atoms with Gasteiger partial charge in [-0.05, 0) is 6.92 Å². The van der Waals surface area contributed by atoms with Gasteiger partial charge in [-0.2, -0.15) is 0 Å². The fourth-order valence-electron chi connectivity index (χ4n) is 0.303. The molecule has 0 amide bonds. The number of hydrogen-bond donors (Lipinski definition) is 0. The zero-order chi connectivity index (χ0) is 5.70. The highest BCUT2D eigenvalue weighted by Crippen LogP contribution is 1.84. The zero-order valence-corrected chi connectivity index (χ0v) is 7.10. The van der Waals surface area contributed by atoms with E-state index in [0.29, 0.717) is 6.61 Å². The molecule has 0 bridgehead atoms. The minimum atomic E-state index is 0.289. The van der Waals surface area contributed by atoms with E-state index < -0.39 is 0 Å². The molecule has 0 aliphatic carbocycles. The third-order valence-corrected chi connectivity index (χ3v) is 1.61. The van der Waals surface area contributed by atoms with Crippen LogP contribution in [0, 0.1) is 0 Å². The summed E-state index contributed by atoms with van der Waals surface area (Å²) < 4.78 is 9.80. The molecule has 0 radical (unpaired) electrons. The van der Waals surface area contributed by atoms with E-state index in [-0.39, 0.29) is 6.10 Å². The highest BCUT2D eigenvalue weighted by Gasteiger charge is 1.92. The number of methoxy groups -OCH3 is 1. The Morgan fingerprint density at radius 3 is 2.43 bits per heavy atom. The molecule has 0 N–H and O–H groups in total. The lowest BCUT2D eigenvalue weighted by atomic mass is 10.5. The molecule has 0 saturated heterocycles. The molecular weight excluding hydrogens is 108 g/mol. The number of hydrogen-bond acceptors (Lipinski definition) is 2. The molecule has 44 valence electrons. The van der Waals surface area contributed by atoms with Crippen LogP contribution in [0.15, 0.2) is 0 Å². The topological polar surface area (TPSA) is 18.5 Å². The number of rotatable bonds is 3. The van der Waals surface area contributed by atoms with Crippen LogP contribution in [0.2, 0.25) is 0 Å². The molecule has 0 spiro atoms. The summed E-state index contributed by atoms with van der Waals surface area (Å²) in [5, 5.41) is 0. The Labute approximate surface area is 47.4 Å². The van der Waals surface area contributed by atoms with Crippen LogP contribution in [-0.4, -0.2) is 30.3 Å². The first-order valence-corrected chi connectivity index (χ1v) is 3.14.